The van der Waals surface area contributed by atoms with Crippen molar-refractivity contribution in [3.63, 3.8) is 0 Å². The van der Waals surface area contributed by atoms with Crippen molar-refractivity contribution in [1.82, 2.24) is 0 Å². The van der Waals surface area contributed by atoms with Gasteiger partial charge in [0.2, 0.25) is 5.69 Å². The first-order valence-electron chi connectivity index (χ1n) is 14.4. The van der Waals surface area contributed by atoms with Gasteiger partial charge in [0, 0.05) is 26.5 Å². The minimum atomic E-state index is -2.91. The molecular formula is C33H26F2NO+. The van der Waals surface area contributed by atoms with Crippen LogP contribution in [-0.4, -0.2) is 0 Å². The lowest BCUT2D eigenvalue weighted by atomic mass is 9.97. The zero-order chi connectivity index (χ0) is 30.1. The Labute approximate surface area is 221 Å². The molecule has 0 atom stereocenters. The van der Waals surface area contributed by atoms with Crippen LogP contribution in [0.25, 0.3) is 55.4 Å². The van der Waals surface area contributed by atoms with Gasteiger partial charge in [-0.15, -0.1) is 0 Å². The summed E-state index contributed by atoms with van der Waals surface area (Å²) in [5, 5.41) is 1.25. The van der Waals surface area contributed by atoms with Crippen molar-refractivity contribution < 1.29 is 24.6 Å². The highest BCUT2D eigenvalue weighted by Crippen LogP contribution is 2.42. The second-order valence-electron chi connectivity index (χ2n) is 9.31. The Bertz CT molecular complexity index is 2000. The van der Waals surface area contributed by atoms with Crippen LogP contribution in [0, 0.1) is 32.3 Å². The normalized spacial score (nSPS) is 13.8. The third kappa shape index (κ3) is 3.80. The van der Waals surface area contributed by atoms with Crippen LogP contribution < -0.4 is 4.57 Å². The van der Waals surface area contributed by atoms with E-state index in [2.05, 4.69) is 0 Å². The third-order valence-electron chi connectivity index (χ3n) is 6.82. The Morgan fingerprint density at radius 2 is 1.30 bits per heavy atom. The Balaban J connectivity index is 1.59. The Morgan fingerprint density at radius 3 is 1.97 bits per heavy atom. The van der Waals surface area contributed by atoms with Gasteiger partial charge in [-0.05, 0) is 55.1 Å². The Morgan fingerprint density at radius 1 is 0.703 bits per heavy atom. The molecular weight excluding hydrogens is 464 g/mol. The van der Waals surface area contributed by atoms with Gasteiger partial charge < -0.3 is 4.42 Å². The standard InChI is InChI=1S/C33H26F2NO/c1-19-5-8-22(9-6-19)23-10-12-24(13-11-23)31-27(34)16-15-26-25-14-7-20(2)30(32(25)37-33(26)31)29-17-28(35)21(3)18-36(29)4/h5-18H,1-4H3/q+1/i3D3,17D,18D. The highest BCUT2D eigenvalue weighted by Gasteiger charge is 2.24. The third-order valence-corrected chi connectivity index (χ3v) is 6.82. The molecule has 0 aliphatic rings. The molecule has 0 amide bonds. The van der Waals surface area contributed by atoms with E-state index in [1.54, 1.807) is 19.1 Å². The molecule has 6 aromatic rings. The fourth-order valence-corrected chi connectivity index (χ4v) is 4.87. The number of nitrogens with zero attached hydrogens (tertiary/aromatic N) is 1. The van der Waals surface area contributed by atoms with E-state index in [4.69, 9.17) is 11.3 Å². The summed E-state index contributed by atoms with van der Waals surface area (Å²) in [6.45, 7) is 0.872. The first-order chi connectivity index (χ1) is 19.9. The molecule has 0 aliphatic heterocycles. The molecule has 37 heavy (non-hydrogen) atoms. The number of aromatic nitrogens is 1. The summed E-state index contributed by atoms with van der Waals surface area (Å²) in [6.07, 6.45) is -0.564. The lowest BCUT2D eigenvalue weighted by Gasteiger charge is -2.07. The second-order valence-corrected chi connectivity index (χ2v) is 9.31. The molecule has 4 heteroatoms. The molecule has 0 unspecified atom stereocenters. The van der Waals surface area contributed by atoms with Gasteiger partial charge in [-0.2, -0.15) is 0 Å². The highest BCUT2D eigenvalue weighted by molar-refractivity contribution is 6.13. The number of hydrogen-bond donors (Lipinski definition) is 0. The minimum Gasteiger partial charge on any atom is -0.454 e. The topological polar surface area (TPSA) is 17.0 Å². The molecule has 2 heterocycles. The van der Waals surface area contributed by atoms with Crippen molar-refractivity contribution in [3.05, 3.63) is 113 Å². The van der Waals surface area contributed by atoms with Crippen LogP contribution >= 0.6 is 0 Å². The maximum atomic E-state index is 15.5. The van der Waals surface area contributed by atoms with Crippen molar-refractivity contribution in [2.75, 3.05) is 0 Å². The number of furan rings is 1. The van der Waals surface area contributed by atoms with Gasteiger partial charge in [-0.3, -0.25) is 0 Å². The number of halogens is 2. The molecule has 182 valence electrons. The summed E-state index contributed by atoms with van der Waals surface area (Å²) in [6, 6.07) is 21.6. The van der Waals surface area contributed by atoms with Crippen molar-refractivity contribution in [2.24, 2.45) is 7.05 Å². The molecule has 0 N–H and O–H groups in total. The van der Waals surface area contributed by atoms with Crippen molar-refractivity contribution >= 4 is 21.9 Å². The summed E-state index contributed by atoms with van der Waals surface area (Å²) in [5.41, 5.74) is 4.78. The summed E-state index contributed by atoms with van der Waals surface area (Å²) >= 11 is 0. The number of fused-ring (bicyclic) bond motifs is 3. The molecule has 0 aliphatic carbocycles. The van der Waals surface area contributed by atoms with Crippen LogP contribution in [-0.2, 0) is 7.05 Å². The molecule has 2 nitrogen and oxygen atoms in total. The fourth-order valence-electron chi connectivity index (χ4n) is 4.87. The lowest BCUT2D eigenvalue weighted by molar-refractivity contribution is -0.661. The van der Waals surface area contributed by atoms with Crippen molar-refractivity contribution in [3.8, 4) is 33.5 Å². The number of aryl methyl sites for hydroxylation is 2. The van der Waals surface area contributed by atoms with Gasteiger partial charge >= 0.3 is 0 Å². The molecule has 0 saturated heterocycles. The first kappa shape index (κ1) is 18.0. The van der Waals surface area contributed by atoms with Crippen LogP contribution in [0.5, 0.6) is 0 Å². The molecule has 2 aromatic heterocycles. The molecule has 0 bridgehead atoms. The fraction of sp³-hybridized carbons (Fsp3) is 0.121. The number of benzene rings is 4. The molecule has 0 fully saturated rings. The van der Waals surface area contributed by atoms with E-state index in [9.17, 15) is 0 Å². The van der Waals surface area contributed by atoms with E-state index >= 15 is 8.78 Å². The van der Waals surface area contributed by atoms with E-state index in [0.717, 1.165) is 16.7 Å². The Kier molecular flexibility index (Phi) is 4.22. The largest absolute Gasteiger partial charge is 0.454 e. The zero-order valence-corrected chi connectivity index (χ0v) is 20.5. The Hall–Kier alpha value is -4.31. The number of rotatable bonds is 3. The highest BCUT2D eigenvalue weighted by atomic mass is 19.1. The van der Waals surface area contributed by atoms with E-state index < -0.39 is 36.3 Å². The quantitative estimate of drug-likeness (QED) is 0.225. The van der Waals surface area contributed by atoms with E-state index in [1.807, 2.05) is 61.5 Å². The van der Waals surface area contributed by atoms with Crippen molar-refractivity contribution in [1.29, 1.82) is 0 Å². The average Bonchev–Trinajstić information content (AvgIpc) is 3.31. The predicted octanol–water partition coefficient (Wildman–Crippen LogP) is 8.61. The van der Waals surface area contributed by atoms with Crippen LogP contribution in [0.15, 0.2) is 89.4 Å². The van der Waals surface area contributed by atoms with Crippen LogP contribution in [0.1, 0.15) is 23.5 Å². The van der Waals surface area contributed by atoms with Gasteiger partial charge in [0.1, 0.15) is 31.2 Å². The summed E-state index contributed by atoms with van der Waals surface area (Å²) < 4.78 is 78.5. The molecule has 0 saturated carbocycles. The summed E-state index contributed by atoms with van der Waals surface area (Å²) in [4.78, 5) is 0. The molecule has 4 aromatic carbocycles. The monoisotopic (exact) mass is 495 g/mol. The first-order valence-corrected chi connectivity index (χ1v) is 11.9. The van der Waals surface area contributed by atoms with Crippen molar-refractivity contribution in [2.45, 2.75) is 20.7 Å². The molecule has 0 spiro atoms. The second kappa shape index (κ2) is 8.67. The summed E-state index contributed by atoms with van der Waals surface area (Å²) in [7, 11) is 1.42. The SMILES string of the molecule is [2H]c1c(F)c(C([2H])([2H])[2H])c([2H])[n+](C)c1-c1c(C)ccc2c1oc1c(-c3ccc(-c4ccc(C)cc4)cc3)c(F)ccc12. The van der Waals surface area contributed by atoms with Crippen LogP contribution in [0.4, 0.5) is 8.78 Å². The summed E-state index contributed by atoms with van der Waals surface area (Å²) in [5.74, 6) is -1.75. The number of pyridine rings is 1. The lowest BCUT2D eigenvalue weighted by Crippen LogP contribution is -2.31. The van der Waals surface area contributed by atoms with Crippen LogP contribution in [0.3, 0.4) is 0 Å². The van der Waals surface area contributed by atoms with Crippen LogP contribution in [0.2, 0.25) is 0 Å². The van der Waals surface area contributed by atoms with E-state index in [1.165, 1.54) is 17.7 Å². The average molecular weight is 496 g/mol. The maximum Gasteiger partial charge on any atom is 0.219 e. The van der Waals surface area contributed by atoms with Gasteiger partial charge in [0.15, 0.2) is 6.17 Å². The minimum absolute atomic E-state index is 0.00266. The zero-order valence-electron chi connectivity index (χ0n) is 25.5. The van der Waals surface area contributed by atoms with Gasteiger partial charge in [0.25, 0.3) is 0 Å². The van der Waals surface area contributed by atoms with Gasteiger partial charge in [0.05, 0.1) is 12.5 Å². The van der Waals surface area contributed by atoms with E-state index in [0.29, 0.717) is 33.0 Å². The number of hydrogen-bond acceptors (Lipinski definition) is 1. The molecule has 0 radical (unpaired) electrons. The maximum absolute atomic E-state index is 15.5. The van der Waals surface area contributed by atoms with Gasteiger partial charge in [-0.1, -0.05) is 66.2 Å². The predicted molar refractivity (Wildman–Crippen MR) is 145 cm³/mol. The van der Waals surface area contributed by atoms with E-state index in [-0.39, 0.29) is 16.8 Å². The smallest absolute Gasteiger partial charge is 0.219 e. The molecule has 6 rings (SSSR count). The van der Waals surface area contributed by atoms with Gasteiger partial charge in [-0.25, -0.2) is 13.3 Å².